The third kappa shape index (κ3) is 3.97. The third-order valence-electron chi connectivity index (χ3n) is 3.15. The van der Waals surface area contributed by atoms with Crippen molar-refractivity contribution in [3.63, 3.8) is 0 Å². The Morgan fingerprint density at radius 2 is 1.79 bits per heavy atom. The van der Waals surface area contributed by atoms with Gasteiger partial charge in [-0.1, -0.05) is 6.92 Å². The molecule has 1 rings (SSSR count). The average molecular weight is 199 g/mol. The summed E-state index contributed by atoms with van der Waals surface area (Å²) < 4.78 is 0. The molecule has 2 nitrogen and oxygen atoms in total. The zero-order valence-corrected chi connectivity index (χ0v) is 10.1. The van der Waals surface area contributed by atoms with Crippen LogP contribution in [-0.2, 0) is 0 Å². The zero-order valence-electron chi connectivity index (χ0n) is 10.1. The Kier molecular flexibility index (Phi) is 3.59. The van der Waals surface area contributed by atoms with E-state index < -0.39 is 5.60 Å². The molecule has 84 valence electrons. The van der Waals surface area contributed by atoms with Crippen molar-refractivity contribution in [1.82, 2.24) is 5.32 Å². The molecule has 0 aliphatic heterocycles. The van der Waals surface area contributed by atoms with E-state index in [9.17, 15) is 5.11 Å². The Balaban J connectivity index is 2.36. The number of hydrogen-bond donors (Lipinski definition) is 2. The van der Waals surface area contributed by atoms with E-state index in [0.717, 1.165) is 25.3 Å². The normalized spacial score (nSPS) is 34.5. The Morgan fingerprint density at radius 3 is 2.21 bits per heavy atom. The van der Waals surface area contributed by atoms with Crippen LogP contribution in [0, 0.1) is 5.92 Å². The van der Waals surface area contributed by atoms with E-state index in [2.05, 4.69) is 33.0 Å². The largest absolute Gasteiger partial charge is 0.389 e. The lowest BCUT2D eigenvalue weighted by molar-refractivity contribution is -0.0105. The average Bonchev–Trinajstić information content (AvgIpc) is 2.07. The third-order valence-corrected chi connectivity index (χ3v) is 3.15. The summed E-state index contributed by atoms with van der Waals surface area (Å²) in [4.78, 5) is 0. The highest BCUT2D eigenvalue weighted by atomic mass is 16.3. The molecule has 0 radical (unpaired) electrons. The topological polar surface area (TPSA) is 32.3 Å². The molecule has 1 aliphatic rings. The van der Waals surface area contributed by atoms with Crippen LogP contribution in [-0.4, -0.2) is 22.8 Å². The van der Waals surface area contributed by atoms with Gasteiger partial charge in [-0.25, -0.2) is 0 Å². The molecule has 14 heavy (non-hydrogen) atoms. The minimum atomic E-state index is -0.445. The SMILES string of the molecule is CC1CCC(O)(CNC(C)(C)C)CC1. The highest BCUT2D eigenvalue weighted by Crippen LogP contribution is 2.31. The van der Waals surface area contributed by atoms with Gasteiger partial charge in [0.25, 0.3) is 0 Å². The minimum Gasteiger partial charge on any atom is -0.389 e. The van der Waals surface area contributed by atoms with E-state index in [1.54, 1.807) is 0 Å². The molecule has 2 heteroatoms. The maximum atomic E-state index is 10.3. The molecule has 0 saturated heterocycles. The van der Waals surface area contributed by atoms with Crippen molar-refractivity contribution in [1.29, 1.82) is 0 Å². The van der Waals surface area contributed by atoms with E-state index in [1.165, 1.54) is 12.8 Å². The van der Waals surface area contributed by atoms with Gasteiger partial charge < -0.3 is 10.4 Å². The van der Waals surface area contributed by atoms with Crippen molar-refractivity contribution in [2.24, 2.45) is 5.92 Å². The maximum absolute atomic E-state index is 10.3. The van der Waals surface area contributed by atoms with Gasteiger partial charge in [0.1, 0.15) is 0 Å². The van der Waals surface area contributed by atoms with Crippen molar-refractivity contribution >= 4 is 0 Å². The molecule has 1 fully saturated rings. The zero-order chi connectivity index (χ0) is 10.8. The van der Waals surface area contributed by atoms with Crippen molar-refractivity contribution < 1.29 is 5.11 Å². The van der Waals surface area contributed by atoms with Crippen molar-refractivity contribution in [2.75, 3.05) is 6.54 Å². The van der Waals surface area contributed by atoms with Crippen LogP contribution in [0.15, 0.2) is 0 Å². The molecular weight excluding hydrogens is 174 g/mol. The first-order valence-corrected chi connectivity index (χ1v) is 5.78. The second-order valence-electron chi connectivity index (χ2n) is 6.01. The number of hydrogen-bond acceptors (Lipinski definition) is 2. The quantitative estimate of drug-likeness (QED) is 0.715. The lowest BCUT2D eigenvalue weighted by Gasteiger charge is -2.37. The van der Waals surface area contributed by atoms with Gasteiger partial charge >= 0.3 is 0 Å². The molecule has 0 unspecified atom stereocenters. The molecule has 0 amide bonds. The summed E-state index contributed by atoms with van der Waals surface area (Å²) >= 11 is 0. The minimum absolute atomic E-state index is 0.110. The molecule has 0 heterocycles. The predicted molar refractivity (Wildman–Crippen MR) is 60.3 cm³/mol. The number of nitrogens with one attached hydrogen (secondary N) is 1. The van der Waals surface area contributed by atoms with Gasteiger partial charge in [0, 0.05) is 12.1 Å². The fraction of sp³-hybridized carbons (Fsp3) is 1.00. The highest BCUT2D eigenvalue weighted by molar-refractivity contribution is 4.88. The van der Waals surface area contributed by atoms with Crippen LogP contribution < -0.4 is 5.32 Å². The van der Waals surface area contributed by atoms with Crippen LogP contribution >= 0.6 is 0 Å². The first kappa shape index (κ1) is 12.0. The predicted octanol–water partition coefficient (Wildman–Crippen LogP) is 2.32. The fourth-order valence-electron chi connectivity index (χ4n) is 1.91. The molecule has 0 spiro atoms. The van der Waals surface area contributed by atoms with Crippen LogP contribution in [0.3, 0.4) is 0 Å². The van der Waals surface area contributed by atoms with Crippen LogP contribution in [0.5, 0.6) is 0 Å². The molecule has 1 aliphatic carbocycles. The highest BCUT2D eigenvalue weighted by Gasteiger charge is 2.32. The Bertz CT molecular complexity index is 175. The number of aliphatic hydroxyl groups is 1. The summed E-state index contributed by atoms with van der Waals surface area (Å²) in [5, 5.41) is 13.7. The van der Waals surface area contributed by atoms with Crippen LogP contribution in [0.4, 0.5) is 0 Å². The van der Waals surface area contributed by atoms with Gasteiger partial charge in [-0.15, -0.1) is 0 Å². The van der Waals surface area contributed by atoms with Gasteiger partial charge in [0.05, 0.1) is 5.60 Å². The Morgan fingerprint density at radius 1 is 1.29 bits per heavy atom. The van der Waals surface area contributed by atoms with Gasteiger partial charge in [0.2, 0.25) is 0 Å². The molecule has 0 aromatic carbocycles. The van der Waals surface area contributed by atoms with Crippen LogP contribution in [0.2, 0.25) is 0 Å². The van der Waals surface area contributed by atoms with E-state index in [1.807, 2.05) is 0 Å². The van der Waals surface area contributed by atoms with Gasteiger partial charge in [-0.3, -0.25) is 0 Å². The first-order valence-electron chi connectivity index (χ1n) is 5.78. The second kappa shape index (κ2) is 4.19. The monoisotopic (exact) mass is 199 g/mol. The smallest absolute Gasteiger partial charge is 0.0772 e. The van der Waals surface area contributed by atoms with E-state index in [0.29, 0.717) is 0 Å². The molecule has 2 N–H and O–H groups in total. The van der Waals surface area contributed by atoms with Crippen molar-refractivity contribution in [2.45, 2.75) is 64.5 Å². The lowest BCUT2D eigenvalue weighted by Crippen LogP contribution is -2.49. The van der Waals surface area contributed by atoms with Crippen molar-refractivity contribution in [3.05, 3.63) is 0 Å². The summed E-state index contributed by atoms with van der Waals surface area (Å²) in [5.41, 5.74) is -0.335. The van der Waals surface area contributed by atoms with Crippen LogP contribution in [0.1, 0.15) is 53.4 Å². The Hall–Kier alpha value is -0.0800. The van der Waals surface area contributed by atoms with Crippen molar-refractivity contribution in [3.8, 4) is 0 Å². The Labute approximate surface area is 88.1 Å². The fourth-order valence-corrected chi connectivity index (χ4v) is 1.91. The maximum Gasteiger partial charge on any atom is 0.0772 e. The molecule has 0 aromatic rings. The first-order chi connectivity index (χ1) is 6.31. The standard InChI is InChI=1S/C12H25NO/c1-10-5-7-12(14,8-6-10)9-13-11(2,3)4/h10,13-14H,5-9H2,1-4H3. The summed E-state index contributed by atoms with van der Waals surface area (Å²) in [7, 11) is 0. The van der Waals surface area contributed by atoms with E-state index in [4.69, 9.17) is 0 Å². The van der Waals surface area contributed by atoms with Gasteiger partial charge in [-0.2, -0.15) is 0 Å². The second-order valence-corrected chi connectivity index (χ2v) is 6.01. The van der Waals surface area contributed by atoms with Gasteiger partial charge in [-0.05, 0) is 52.4 Å². The van der Waals surface area contributed by atoms with Crippen LogP contribution in [0.25, 0.3) is 0 Å². The van der Waals surface area contributed by atoms with E-state index >= 15 is 0 Å². The molecule has 1 saturated carbocycles. The summed E-state index contributed by atoms with van der Waals surface area (Å²) in [5.74, 6) is 0.796. The molecular formula is C12H25NO. The number of rotatable bonds is 2. The molecule has 0 aromatic heterocycles. The summed E-state index contributed by atoms with van der Waals surface area (Å²) in [6, 6.07) is 0. The number of β-amino-alcohol motifs (C(OH)–C–C–N with tert-alkyl or cyclic N) is 1. The van der Waals surface area contributed by atoms with Gasteiger partial charge in [0.15, 0.2) is 0 Å². The summed E-state index contributed by atoms with van der Waals surface area (Å²) in [6.07, 6.45) is 4.25. The molecule has 0 atom stereocenters. The summed E-state index contributed by atoms with van der Waals surface area (Å²) in [6.45, 7) is 9.44. The van der Waals surface area contributed by atoms with E-state index in [-0.39, 0.29) is 5.54 Å². The molecule has 0 bridgehead atoms. The lowest BCUT2D eigenvalue weighted by atomic mass is 9.79.